The molecule has 15 heavy (non-hydrogen) atoms. The third-order valence-corrected chi connectivity index (χ3v) is 2.66. The molecule has 2 N–H and O–H groups in total. The normalized spacial score (nSPS) is 12.1. The fraction of sp³-hybridized carbons (Fsp3) is 0.222. The molecule has 5 nitrogen and oxygen atoms in total. The van der Waals surface area contributed by atoms with Crippen molar-refractivity contribution in [3.8, 4) is 0 Å². The van der Waals surface area contributed by atoms with Crippen molar-refractivity contribution in [2.45, 2.75) is 6.42 Å². The molecule has 0 saturated heterocycles. The van der Waals surface area contributed by atoms with Crippen molar-refractivity contribution < 1.29 is 4.92 Å². The zero-order valence-corrected chi connectivity index (χ0v) is 9.03. The summed E-state index contributed by atoms with van der Waals surface area (Å²) in [5.41, 5.74) is 6.27. The van der Waals surface area contributed by atoms with Crippen molar-refractivity contribution in [3.63, 3.8) is 0 Å². The molecule has 0 radical (unpaired) electrons. The molecule has 0 amide bonds. The number of nitrogens with zero attached hydrogens (tertiary/aromatic N) is 2. The number of pyridine rings is 1. The van der Waals surface area contributed by atoms with Gasteiger partial charge in [-0.2, -0.15) is 0 Å². The highest BCUT2D eigenvalue weighted by Gasteiger charge is 2.11. The van der Waals surface area contributed by atoms with Gasteiger partial charge in [0.1, 0.15) is 0 Å². The van der Waals surface area contributed by atoms with Crippen LogP contribution in [0.3, 0.4) is 0 Å². The molecule has 0 aliphatic carbocycles. The highest BCUT2D eigenvalue weighted by molar-refractivity contribution is 8.02. The van der Waals surface area contributed by atoms with Crippen LogP contribution >= 0.6 is 11.8 Å². The average Bonchev–Trinajstić information content (AvgIpc) is 2.26. The Morgan fingerprint density at radius 3 is 2.93 bits per heavy atom. The van der Waals surface area contributed by atoms with E-state index in [-0.39, 0.29) is 5.82 Å². The van der Waals surface area contributed by atoms with Crippen LogP contribution in [0.5, 0.6) is 0 Å². The van der Waals surface area contributed by atoms with E-state index < -0.39 is 4.92 Å². The average molecular weight is 225 g/mol. The van der Waals surface area contributed by atoms with Crippen molar-refractivity contribution in [1.82, 2.24) is 4.98 Å². The molecule has 1 heterocycles. The summed E-state index contributed by atoms with van der Waals surface area (Å²) >= 11 is 1.29. The van der Waals surface area contributed by atoms with Gasteiger partial charge in [0.15, 0.2) is 0 Å². The van der Waals surface area contributed by atoms with Gasteiger partial charge in [-0.3, -0.25) is 10.7 Å². The number of allylic oxidation sites excluding steroid dienone is 1. The summed E-state index contributed by atoms with van der Waals surface area (Å²) in [5, 5.41) is 10.5. The lowest BCUT2D eigenvalue weighted by Gasteiger charge is -2.04. The number of aromatic nitrogens is 1. The van der Waals surface area contributed by atoms with Gasteiger partial charge in [0.25, 0.3) is 0 Å². The molecule has 1 aromatic heterocycles. The quantitative estimate of drug-likeness (QED) is 0.618. The van der Waals surface area contributed by atoms with E-state index in [1.807, 2.05) is 6.07 Å². The van der Waals surface area contributed by atoms with Crippen LogP contribution in [-0.2, 0) is 6.42 Å². The topological polar surface area (TPSA) is 82.0 Å². The van der Waals surface area contributed by atoms with E-state index in [4.69, 9.17) is 5.73 Å². The summed E-state index contributed by atoms with van der Waals surface area (Å²) in [6, 6.07) is 3.64. The van der Waals surface area contributed by atoms with Gasteiger partial charge in [-0.15, -0.1) is 11.8 Å². The lowest BCUT2D eigenvalue weighted by Crippen LogP contribution is -2.12. The number of thioether (sulfide) groups is 1. The van der Waals surface area contributed by atoms with Crippen LogP contribution in [0.4, 0.5) is 0 Å². The van der Waals surface area contributed by atoms with E-state index in [1.165, 1.54) is 11.8 Å². The largest absolute Gasteiger partial charge is 0.358 e. The zero-order chi connectivity index (χ0) is 11.3. The first kappa shape index (κ1) is 11.5. The van der Waals surface area contributed by atoms with E-state index in [2.05, 4.69) is 4.98 Å². The smallest absolute Gasteiger partial charge is 0.323 e. The molecule has 0 aromatic carbocycles. The molecule has 1 aromatic rings. The highest BCUT2D eigenvalue weighted by Crippen LogP contribution is 2.19. The van der Waals surface area contributed by atoms with Crippen molar-refractivity contribution in [2.24, 2.45) is 5.73 Å². The van der Waals surface area contributed by atoms with Crippen molar-refractivity contribution in [3.05, 3.63) is 50.9 Å². The highest BCUT2D eigenvalue weighted by atomic mass is 32.2. The Balaban J connectivity index is 2.88. The van der Waals surface area contributed by atoms with Crippen molar-refractivity contribution in [1.29, 1.82) is 0 Å². The van der Waals surface area contributed by atoms with E-state index in [9.17, 15) is 10.1 Å². The van der Waals surface area contributed by atoms with E-state index in [0.29, 0.717) is 11.3 Å². The predicted octanol–water partition coefficient (Wildman–Crippen LogP) is 1.39. The zero-order valence-electron chi connectivity index (χ0n) is 8.21. The van der Waals surface area contributed by atoms with Crippen LogP contribution in [0.1, 0.15) is 5.56 Å². The second-order valence-corrected chi connectivity index (χ2v) is 3.71. The van der Waals surface area contributed by atoms with Gasteiger partial charge in [0.2, 0.25) is 0 Å². The lowest BCUT2D eigenvalue weighted by atomic mass is 10.2. The molecule has 0 unspecified atom stereocenters. The molecule has 0 spiro atoms. The molecule has 0 aliphatic heterocycles. The van der Waals surface area contributed by atoms with Crippen LogP contribution < -0.4 is 5.73 Å². The maximum absolute atomic E-state index is 10.5. The second kappa shape index (κ2) is 5.35. The third kappa shape index (κ3) is 3.25. The maximum Gasteiger partial charge on any atom is 0.323 e. The molecule has 0 fully saturated rings. The maximum atomic E-state index is 10.5. The summed E-state index contributed by atoms with van der Waals surface area (Å²) in [5.74, 6) is -0.286. The van der Waals surface area contributed by atoms with Crippen LogP contribution in [0.15, 0.2) is 35.3 Å². The van der Waals surface area contributed by atoms with E-state index in [1.54, 1.807) is 24.7 Å². The number of hydrogen-bond acceptors (Lipinski definition) is 5. The van der Waals surface area contributed by atoms with Crippen molar-refractivity contribution >= 4 is 11.8 Å². The van der Waals surface area contributed by atoms with Gasteiger partial charge in [0, 0.05) is 18.8 Å². The minimum atomic E-state index is -0.567. The van der Waals surface area contributed by atoms with Gasteiger partial charge < -0.3 is 10.1 Å². The molecular formula is C9H11N3O2S. The van der Waals surface area contributed by atoms with Crippen molar-refractivity contribution in [2.75, 3.05) is 6.26 Å². The Kier molecular flexibility index (Phi) is 4.11. The predicted molar refractivity (Wildman–Crippen MR) is 59.7 cm³/mol. The monoisotopic (exact) mass is 225 g/mol. The Labute approximate surface area is 91.5 Å². The van der Waals surface area contributed by atoms with Gasteiger partial charge >= 0.3 is 5.82 Å². The molecular weight excluding hydrogens is 214 g/mol. The van der Waals surface area contributed by atoms with Gasteiger partial charge in [0.05, 0.1) is 4.91 Å². The molecule has 0 saturated carbocycles. The summed E-state index contributed by atoms with van der Waals surface area (Å²) in [6.07, 6.45) is 5.54. The Morgan fingerprint density at radius 1 is 1.73 bits per heavy atom. The van der Waals surface area contributed by atoms with Crippen LogP contribution in [0.2, 0.25) is 0 Å². The lowest BCUT2D eigenvalue weighted by molar-refractivity contribution is -0.427. The van der Waals surface area contributed by atoms with Crippen LogP contribution in [-0.4, -0.2) is 16.2 Å². The van der Waals surface area contributed by atoms with Gasteiger partial charge in [-0.25, -0.2) is 0 Å². The van der Waals surface area contributed by atoms with Gasteiger partial charge in [-0.05, 0) is 22.8 Å². The standard InChI is InChI=1S/C9H11N3O2S/c1-15-8(9(10)12(13)14)5-7-3-2-4-11-6-7/h2-4,6H,5,10H2,1H3. The first-order valence-corrected chi connectivity index (χ1v) is 5.43. The molecule has 0 aliphatic rings. The Bertz CT molecular complexity index is 378. The van der Waals surface area contributed by atoms with E-state index >= 15 is 0 Å². The molecule has 80 valence electrons. The minimum Gasteiger partial charge on any atom is -0.358 e. The van der Waals surface area contributed by atoms with Crippen LogP contribution in [0, 0.1) is 10.1 Å². The number of nitrogens with two attached hydrogens (primary N) is 1. The fourth-order valence-corrected chi connectivity index (χ4v) is 1.65. The molecule has 0 bridgehead atoms. The SMILES string of the molecule is CSC(Cc1cccnc1)=C(N)[N+](=O)[O-]. The fourth-order valence-electron chi connectivity index (χ4n) is 1.06. The molecule has 6 heteroatoms. The number of nitro groups is 1. The van der Waals surface area contributed by atoms with Gasteiger partial charge in [-0.1, -0.05) is 6.07 Å². The summed E-state index contributed by atoms with van der Waals surface area (Å²) in [7, 11) is 0. The Hall–Kier alpha value is -1.56. The minimum absolute atomic E-state index is 0.286. The molecule has 1 rings (SSSR count). The third-order valence-electron chi connectivity index (χ3n) is 1.82. The molecule has 0 atom stereocenters. The summed E-state index contributed by atoms with van der Waals surface area (Å²) < 4.78 is 0. The second-order valence-electron chi connectivity index (χ2n) is 2.81. The number of rotatable bonds is 4. The van der Waals surface area contributed by atoms with E-state index in [0.717, 1.165) is 5.56 Å². The number of hydrogen-bond donors (Lipinski definition) is 1. The Morgan fingerprint density at radius 2 is 2.47 bits per heavy atom. The summed E-state index contributed by atoms with van der Waals surface area (Å²) in [6.45, 7) is 0. The summed E-state index contributed by atoms with van der Waals surface area (Å²) in [4.78, 5) is 14.4. The first-order chi connectivity index (χ1) is 7.15. The first-order valence-electron chi connectivity index (χ1n) is 4.21. The van der Waals surface area contributed by atoms with Crippen LogP contribution in [0.25, 0.3) is 0 Å².